The van der Waals surface area contributed by atoms with Crippen LogP contribution in [0.4, 0.5) is 34.6 Å². The Morgan fingerprint density at radius 2 is 1.59 bits per heavy atom. The average Bonchev–Trinajstić information content (AvgIpc) is 3.09. The Balaban J connectivity index is 1.48. The lowest BCUT2D eigenvalue weighted by molar-refractivity contribution is 0.122. The van der Waals surface area contributed by atoms with Crippen molar-refractivity contribution in [3.8, 4) is 0 Å². The van der Waals surface area contributed by atoms with E-state index in [9.17, 15) is 0 Å². The second-order valence-electron chi connectivity index (χ2n) is 8.33. The van der Waals surface area contributed by atoms with Crippen LogP contribution in [0.5, 0.6) is 0 Å². The second-order valence-corrected chi connectivity index (χ2v) is 8.33. The number of anilines is 6. The summed E-state index contributed by atoms with van der Waals surface area (Å²) in [6.45, 7) is 7.16. The second kappa shape index (κ2) is 8.55. The maximum atomic E-state index is 5.57. The SMILES string of the molecule is Cc1cccc(Nc2nc(N3CCOCC3)c3c(n2)N(C)C(Nc2cccc(C)c2)N3)c1. The zero-order valence-electron chi connectivity index (χ0n) is 18.7. The highest BCUT2D eigenvalue weighted by atomic mass is 16.5. The predicted octanol–water partition coefficient (Wildman–Crippen LogP) is 3.93. The van der Waals surface area contributed by atoms with Gasteiger partial charge in [0.2, 0.25) is 5.95 Å². The standard InChI is InChI=1S/C24H29N7O/c1-16-6-4-8-18(14-16)25-23-28-21-20(22(29-23)31-10-12-32-13-11-31)27-24(30(21)3)26-19-9-5-7-17(2)15-19/h4-9,14-15,24,26-27H,10-13H2,1-3H3,(H,25,28,29). The van der Waals surface area contributed by atoms with E-state index in [0.29, 0.717) is 19.2 Å². The molecule has 0 aliphatic carbocycles. The van der Waals surface area contributed by atoms with Crippen LogP contribution >= 0.6 is 0 Å². The van der Waals surface area contributed by atoms with E-state index in [1.165, 1.54) is 11.1 Å². The van der Waals surface area contributed by atoms with Gasteiger partial charge in [-0.2, -0.15) is 9.97 Å². The molecule has 1 unspecified atom stereocenters. The molecule has 5 rings (SSSR count). The minimum absolute atomic E-state index is 0.130. The molecule has 2 aromatic carbocycles. The van der Waals surface area contributed by atoms with E-state index in [0.717, 1.165) is 41.8 Å². The fourth-order valence-electron chi connectivity index (χ4n) is 4.11. The van der Waals surface area contributed by atoms with Crippen molar-refractivity contribution in [1.82, 2.24) is 9.97 Å². The van der Waals surface area contributed by atoms with Crippen LogP contribution in [0.3, 0.4) is 0 Å². The van der Waals surface area contributed by atoms with Crippen molar-refractivity contribution in [3.63, 3.8) is 0 Å². The molecule has 1 fully saturated rings. The molecule has 1 saturated heterocycles. The summed E-state index contributed by atoms with van der Waals surface area (Å²) in [6, 6.07) is 16.6. The summed E-state index contributed by atoms with van der Waals surface area (Å²) in [7, 11) is 2.04. The van der Waals surface area contributed by atoms with Gasteiger partial charge in [0.1, 0.15) is 5.69 Å². The quantitative estimate of drug-likeness (QED) is 0.561. The molecule has 3 aromatic rings. The van der Waals surface area contributed by atoms with Gasteiger partial charge in [0.15, 0.2) is 17.9 Å². The van der Waals surface area contributed by atoms with Crippen LogP contribution in [-0.2, 0) is 4.74 Å². The zero-order valence-corrected chi connectivity index (χ0v) is 18.7. The van der Waals surface area contributed by atoms with Crippen LogP contribution < -0.4 is 25.8 Å². The molecule has 32 heavy (non-hydrogen) atoms. The molecular weight excluding hydrogens is 402 g/mol. The molecule has 3 N–H and O–H groups in total. The van der Waals surface area contributed by atoms with Crippen molar-refractivity contribution in [2.45, 2.75) is 20.1 Å². The molecule has 0 amide bonds. The Hall–Kier alpha value is -3.52. The van der Waals surface area contributed by atoms with Crippen LogP contribution in [0.15, 0.2) is 48.5 Å². The normalized spacial score (nSPS) is 17.7. The highest BCUT2D eigenvalue weighted by Gasteiger charge is 2.33. The van der Waals surface area contributed by atoms with Gasteiger partial charge in [0.25, 0.3) is 0 Å². The number of benzene rings is 2. The molecule has 1 atom stereocenters. The van der Waals surface area contributed by atoms with Gasteiger partial charge in [-0.1, -0.05) is 24.3 Å². The first-order chi connectivity index (χ1) is 15.6. The van der Waals surface area contributed by atoms with Crippen LogP contribution in [0.25, 0.3) is 0 Å². The van der Waals surface area contributed by atoms with Crippen molar-refractivity contribution in [1.29, 1.82) is 0 Å². The minimum atomic E-state index is -0.130. The highest BCUT2D eigenvalue weighted by Crippen LogP contribution is 2.40. The summed E-state index contributed by atoms with van der Waals surface area (Å²) >= 11 is 0. The van der Waals surface area contributed by atoms with Gasteiger partial charge in [-0.05, 0) is 49.2 Å². The number of nitrogens with zero attached hydrogens (tertiary/aromatic N) is 4. The highest BCUT2D eigenvalue weighted by molar-refractivity contribution is 5.85. The Bertz CT molecular complexity index is 1110. The van der Waals surface area contributed by atoms with Gasteiger partial charge in [-0.15, -0.1) is 0 Å². The van der Waals surface area contributed by atoms with E-state index in [4.69, 9.17) is 14.7 Å². The van der Waals surface area contributed by atoms with Gasteiger partial charge < -0.3 is 30.5 Å². The lowest BCUT2D eigenvalue weighted by Crippen LogP contribution is -2.40. The molecule has 8 heteroatoms. The van der Waals surface area contributed by atoms with E-state index in [1.807, 2.05) is 19.2 Å². The van der Waals surface area contributed by atoms with Gasteiger partial charge in [-0.25, -0.2) is 0 Å². The molecule has 0 spiro atoms. The van der Waals surface area contributed by atoms with Crippen molar-refractivity contribution < 1.29 is 4.74 Å². The number of morpholine rings is 1. The molecular formula is C24H29N7O. The van der Waals surface area contributed by atoms with Crippen molar-refractivity contribution in [3.05, 3.63) is 59.7 Å². The minimum Gasteiger partial charge on any atom is -0.378 e. The number of fused-ring (bicyclic) bond motifs is 1. The maximum Gasteiger partial charge on any atom is 0.231 e. The first-order valence-corrected chi connectivity index (χ1v) is 11.0. The molecule has 0 radical (unpaired) electrons. The summed E-state index contributed by atoms with van der Waals surface area (Å²) in [5, 5.41) is 10.6. The Morgan fingerprint density at radius 1 is 0.938 bits per heavy atom. The summed E-state index contributed by atoms with van der Waals surface area (Å²) in [6.07, 6.45) is -0.130. The van der Waals surface area contributed by atoms with Crippen molar-refractivity contribution in [2.24, 2.45) is 0 Å². The van der Waals surface area contributed by atoms with Gasteiger partial charge in [0.05, 0.1) is 13.2 Å². The molecule has 2 aliphatic rings. The number of hydrogen-bond acceptors (Lipinski definition) is 8. The topological polar surface area (TPSA) is 77.6 Å². The average molecular weight is 432 g/mol. The van der Waals surface area contributed by atoms with E-state index in [2.05, 4.69) is 76.0 Å². The number of aryl methyl sites for hydroxylation is 2. The molecule has 0 bridgehead atoms. The van der Waals surface area contributed by atoms with E-state index in [-0.39, 0.29) is 6.29 Å². The Morgan fingerprint density at radius 3 is 2.31 bits per heavy atom. The lowest BCUT2D eigenvalue weighted by atomic mass is 10.2. The Kier molecular flexibility index (Phi) is 5.45. The van der Waals surface area contributed by atoms with Gasteiger partial charge in [0, 0.05) is 31.5 Å². The van der Waals surface area contributed by atoms with Crippen molar-refractivity contribution in [2.75, 3.05) is 59.1 Å². The summed E-state index contributed by atoms with van der Waals surface area (Å²) < 4.78 is 5.57. The number of nitrogens with one attached hydrogen (secondary N) is 3. The maximum absolute atomic E-state index is 5.57. The van der Waals surface area contributed by atoms with Crippen LogP contribution in [0, 0.1) is 13.8 Å². The number of aromatic nitrogens is 2. The predicted molar refractivity (Wildman–Crippen MR) is 130 cm³/mol. The monoisotopic (exact) mass is 431 g/mol. The van der Waals surface area contributed by atoms with Crippen LogP contribution in [0.2, 0.25) is 0 Å². The largest absolute Gasteiger partial charge is 0.378 e. The van der Waals surface area contributed by atoms with E-state index >= 15 is 0 Å². The molecule has 166 valence electrons. The summed E-state index contributed by atoms with van der Waals surface area (Å²) in [5.41, 5.74) is 5.37. The van der Waals surface area contributed by atoms with Crippen LogP contribution in [-0.4, -0.2) is 49.6 Å². The molecule has 8 nitrogen and oxygen atoms in total. The molecule has 3 heterocycles. The number of hydrogen-bond donors (Lipinski definition) is 3. The third-order valence-corrected chi connectivity index (χ3v) is 5.78. The number of ether oxygens (including phenoxy) is 1. The summed E-state index contributed by atoms with van der Waals surface area (Å²) in [4.78, 5) is 14.2. The van der Waals surface area contributed by atoms with Gasteiger partial charge >= 0.3 is 0 Å². The molecule has 1 aromatic heterocycles. The van der Waals surface area contributed by atoms with Crippen LogP contribution in [0.1, 0.15) is 11.1 Å². The molecule has 2 aliphatic heterocycles. The van der Waals surface area contributed by atoms with Gasteiger partial charge in [-0.3, -0.25) is 0 Å². The first-order valence-electron chi connectivity index (χ1n) is 11.0. The fraction of sp³-hybridized carbons (Fsp3) is 0.333. The smallest absolute Gasteiger partial charge is 0.231 e. The molecule has 0 saturated carbocycles. The number of rotatable bonds is 5. The summed E-state index contributed by atoms with van der Waals surface area (Å²) in [5.74, 6) is 2.34. The zero-order chi connectivity index (χ0) is 22.1. The third kappa shape index (κ3) is 4.13. The van der Waals surface area contributed by atoms with Crippen molar-refractivity contribution >= 4 is 34.6 Å². The van der Waals surface area contributed by atoms with E-state index in [1.54, 1.807) is 0 Å². The fourth-order valence-corrected chi connectivity index (χ4v) is 4.11. The first kappa shape index (κ1) is 20.4. The lowest BCUT2D eigenvalue weighted by Gasteiger charge is -2.29. The van der Waals surface area contributed by atoms with E-state index < -0.39 is 0 Å². The Labute approximate surface area is 188 Å². The third-order valence-electron chi connectivity index (χ3n) is 5.78.